The first-order valence-electron chi connectivity index (χ1n) is 4.64. The Kier molecular flexibility index (Phi) is 2.51. The summed E-state index contributed by atoms with van der Waals surface area (Å²) in [5.41, 5.74) is 7.71. The quantitative estimate of drug-likeness (QED) is 0.523. The fourth-order valence-corrected chi connectivity index (χ4v) is 1.47. The number of nitrogens with zero attached hydrogens (tertiary/aromatic N) is 3. The standard InChI is InChI=1S/C10H12N4O2/c1-13-6-8(5-12-13)7-2-3-9(11)10(4-7)14(15)16/h2-6,15-16H,11H2,1H3. The number of nitrogen functional groups attached to an aromatic ring is 1. The van der Waals surface area contributed by atoms with Gasteiger partial charge in [0.15, 0.2) is 0 Å². The van der Waals surface area contributed by atoms with Crippen LogP contribution in [0.3, 0.4) is 0 Å². The summed E-state index contributed by atoms with van der Waals surface area (Å²) in [6.45, 7) is 0. The van der Waals surface area contributed by atoms with Crippen molar-refractivity contribution >= 4 is 11.4 Å². The van der Waals surface area contributed by atoms with Crippen molar-refractivity contribution in [1.29, 1.82) is 0 Å². The summed E-state index contributed by atoms with van der Waals surface area (Å²) < 4.78 is 1.67. The van der Waals surface area contributed by atoms with E-state index in [0.717, 1.165) is 11.1 Å². The van der Waals surface area contributed by atoms with Crippen molar-refractivity contribution in [3.8, 4) is 11.1 Å². The fraction of sp³-hybridized carbons (Fsp3) is 0.100. The zero-order valence-electron chi connectivity index (χ0n) is 8.70. The van der Waals surface area contributed by atoms with E-state index in [-0.39, 0.29) is 16.6 Å². The van der Waals surface area contributed by atoms with E-state index >= 15 is 0 Å². The molecule has 2 aromatic rings. The average molecular weight is 220 g/mol. The maximum atomic E-state index is 8.97. The first-order valence-corrected chi connectivity index (χ1v) is 4.64. The largest absolute Gasteiger partial charge is 0.397 e. The molecule has 16 heavy (non-hydrogen) atoms. The van der Waals surface area contributed by atoms with Crippen LogP contribution in [0, 0.1) is 0 Å². The lowest BCUT2D eigenvalue weighted by molar-refractivity contribution is 0.0296. The molecule has 0 atom stereocenters. The van der Waals surface area contributed by atoms with Crippen LogP contribution in [0.4, 0.5) is 11.4 Å². The summed E-state index contributed by atoms with van der Waals surface area (Å²) >= 11 is 0. The molecule has 6 heteroatoms. The highest BCUT2D eigenvalue weighted by atomic mass is 16.8. The van der Waals surface area contributed by atoms with Crippen LogP contribution in [0.5, 0.6) is 0 Å². The fourth-order valence-electron chi connectivity index (χ4n) is 1.47. The van der Waals surface area contributed by atoms with Crippen LogP contribution in [0.15, 0.2) is 30.6 Å². The summed E-state index contributed by atoms with van der Waals surface area (Å²) in [5, 5.41) is 22.0. The van der Waals surface area contributed by atoms with Gasteiger partial charge in [0.05, 0.1) is 11.9 Å². The summed E-state index contributed by atoms with van der Waals surface area (Å²) in [6.07, 6.45) is 3.52. The molecule has 84 valence electrons. The Labute approximate surface area is 92.1 Å². The molecule has 0 fully saturated rings. The summed E-state index contributed by atoms with van der Waals surface area (Å²) in [4.78, 5) is 0. The molecule has 0 amide bonds. The zero-order valence-corrected chi connectivity index (χ0v) is 8.70. The average Bonchev–Trinajstić information content (AvgIpc) is 2.65. The van der Waals surface area contributed by atoms with Gasteiger partial charge in [-0.2, -0.15) is 5.10 Å². The molecule has 0 spiro atoms. The summed E-state index contributed by atoms with van der Waals surface area (Å²) in [6, 6.07) is 4.97. The third kappa shape index (κ3) is 1.83. The molecular weight excluding hydrogens is 208 g/mol. The third-order valence-electron chi connectivity index (χ3n) is 2.28. The number of aromatic nitrogens is 2. The molecule has 0 saturated carbocycles. The van der Waals surface area contributed by atoms with E-state index in [4.69, 9.17) is 16.1 Å². The number of hydrogen-bond acceptors (Lipinski definition) is 5. The molecular formula is C10H12N4O2. The Morgan fingerprint density at radius 3 is 2.62 bits per heavy atom. The van der Waals surface area contributed by atoms with Crippen molar-refractivity contribution in [3.05, 3.63) is 30.6 Å². The second-order valence-corrected chi connectivity index (χ2v) is 3.47. The summed E-state index contributed by atoms with van der Waals surface area (Å²) in [7, 11) is 1.81. The second-order valence-electron chi connectivity index (χ2n) is 3.47. The minimum Gasteiger partial charge on any atom is -0.397 e. The van der Waals surface area contributed by atoms with Crippen LogP contribution in [0.1, 0.15) is 0 Å². The number of hydrogen-bond donors (Lipinski definition) is 3. The molecule has 0 saturated heterocycles. The van der Waals surface area contributed by atoms with E-state index in [1.807, 2.05) is 13.2 Å². The Balaban J connectivity index is 2.47. The molecule has 0 aliphatic rings. The van der Waals surface area contributed by atoms with Gasteiger partial charge in [-0.05, 0) is 17.7 Å². The van der Waals surface area contributed by atoms with Gasteiger partial charge in [-0.15, -0.1) is 5.23 Å². The lowest BCUT2D eigenvalue weighted by Gasteiger charge is -2.11. The second kappa shape index (κ2) is 3.84. The van der Waals surface area contributed by atoms with Crippen molar-refractivity contribution in [3.63, 3.8) is 0 Å². The van der Waals surface area contributed by atoms with Crippen molar-refractivity contribution < 1.29 is 10.4 Å². The molecule has 0 bridgehead atoms. The van der Waals surface area contributed by atoms with Gasteiger partial charge in [-0.25, -0.2) is 0 Å². The molecule has 1 heterocycles. The number of rotatable bonds is 2. The van der Waals surface area contributed by atoms with Gasteiger partial charge in [0.2, 0.25) is 0 Å². The van der Waals surface area contributed by atoms with Crippen LogP contribution >= 0.6 is 0 Å². The Hall–Kier alpha value is -2.05. The topological polar surface area (TPSA) is 87.5 Å². The third-order valence-corrected chi connectivity index (χ3v) is 2.28. The zero-order chi connectivity index (χ0) is 11.7. The highest BCUT2D eigenvalue weighted by Crippen LogP contribution is 2.28. The molecule has 6 nitrogen and oxygen atoms in total. The SMILES string of the molecule is Cn1cc(-c2ccc(N)c(N(O)O)c2)cn1. The van der Waals surface area contributed by atoms with Crippen LogP contribution in [0.25, 0.3) is 11.1 Å². The predicted octanol–water partition coefficient (Wildman–Crippen LogP) is 1.25. The molecule has 0 aliphatic heterocycles. The number of benzene rings is 1. The van der Waals surface area contributed by atoms with E-state index in [1.54, 1.807) is 29.1 Å². The van der Waals surface area contributed by atoms with Crippen molar-refractivity contribution in [2.45, 2.75) is 0 Å². The van der Waals surface area contributed by atoms with Crippen LogP contribution in [-0.2, 0) is 7.05 Å². The maximum absolute atomic E-state index is 8.97. The lowest BCUT2D eigenvalue weighted by atomic mass is 10.1. The van der Waals surface area contributed by atoms with Crippen LogP contribution < -0.4 is 11.0 Å². The predicted molar refractivity (Wildman–Crippen MR) is 59.1 cm³/mol. The highest BCUT2D eigenvalue weighted by Gasteiger charge is 2.08. The van der Waals surface area contributed by atoms with Gasteiger partial charge in [0.25, 0.3) is 0 Å². The Morgan fingerprint density at radius 2 is 2.06 bits per heavy atom. The normalized spacial score (nSPS) is 10.4. The minimum atomic E-state index is 0.00913. The first kappa shape index (κ1) is 10.5. The van der Waals surface area contributed by atoms with Gasteiger partial charge in [0, 0.05) is 18.8 Å². The molecule has 1 aromatic carbocycles. The number of nitrogens with two attached hydrogens (primary N) is 1. The maximum Gasteiger partial charge on any atom is 0.118 e. The van der Waals surface area contributed by atoms with Crippen LogP contribution in [-0.4, -0.2) is 20.2 Å². The van der Waals surface area contributed by atoms with Crippen LogP contribution in [0.2, 0.25) is 0 Å². The van der Waals surface area contributed by atoms with E-state index in [2.05, 4.69) is 5.10 Å². The highest BCUT2D eigenvalue weighted by molar-refractivity contribution is 5.75. The molecule has 0 radical (unpaired) electrons. The van der Waals surface area contributed by atoms with Gasteiger partial charge < -0.3 is 5.73 Å². The molecule has 0 aliphatic carbocycles. The van der Waals surface area contributed by atoms with E-state index in [9.17, 15) is 0 Å². The monoisotopic (exact) mass is 220 g/mol. The van der Waals surface area contributed by atoms with E-state index in [0.29, 0.717) is 0 Å². The van der Waals surface area contributed by atoms with E-state index < -0.39 is 0 Å². The van der Waals surface area contributed by atoms with Gasteiger partial charge >= 0.3 is 0 Å². The summed E-state index contributed by atoms with van der Waals surface area (Å²) in [5.74, 6) is 0. The number of aryl methyl sites for hydroxylation is 1. The lowest BCUT2D eigenvalue weighted by Crippen LogP contribution is -2.13. The van der Waals surface area contributed by atoms with Gasteiger partial charge in [-0.1, -0.05) is 6.07 Å². The molecule has 2 rings (SSSR count). The molecule has 0 unspecified atom stereocenters. The van der Waals surface area contributed by atoms with Crippen molar-refractivity contribution in [1.82, 2.24) is 9.78 Å². The van der Waals surface area contributed by atoms with Gasteiger partial charge in [-0.3, -0.25) is 15.1 Å². The molecule has 1 aromatic heterocycles. The minimum absolute atomic E-state index is 0.00913. The van der Waals surface area contributed by atoms with Gasteiger partial charge in [0.1, 0.15) is 5.69 Å². The number of anilines is 2. The smallest absolute Gasteiger partial charge is 0.118 e. The molecule has 4 N–H and O–H groups in total. The van der Waals surface area contributed by atoms with Crippen molar-refractivity contribution in [2.75, 3.05) is 11.0 Å². The Morgan fingerprint density at radius 1 is 1.31 bits per heavy atom. The van der Waals surface area contributed by atoms with E-state index in [1.165, 1.54) is 0 Å². The van der Waals surface area contributed by atoms with Crippen molar-refractivity contribution in [2.24, 2.45) is 7.05 Å². The Bertz CT molecular complexity index is 507. The first-order chi connectivity index (χ1) is 7.58.